The molecule has 10 aromatic rings. The molecule has 10 rings (SSSR count). The molecule has 0 aliphatic carbocycles. The van der Waals surface area contributed by atoms with Crippen molar-refractivity contribution in [2.45, 2.75) is 0 Å². The van der Waals surface area contributed by atoms with E-state index in [2.05, 4.69) is 120 Å². The Kier molecular flexibility index (Phi) is 4.84. The van der Waals surface area contributed by atoms with Crippen molar-refractivity contribution in [1.82, 2.24) is 19.4 Å². The van der Waals surface area contributed by atoms with Gasteiger partial charge in [0.2, 0.25) is 0 Å². The molecule has 204 valence electrons. The van der Waals surface area contributed by atoms with Gasteiger partial charge in [-0.2, -0.15) is 0 Å². The third-order valence-corrected chi connectivity index (χ3v) is 9.88. The van der Waals surface area contributed by atoms with Gasteiger partial charge < -0.3 is 4.40 Å². The van der Waals surface area contributed by atoms with Gasteiger partial charge in [-0.1, -0.05) is 78.9 Å². The van der Waals surface area contributed by atoms with E-state index < -0.39 is 0 Å². The van der Waals surface area contributed by atoms with Crippen LogP contribution in [0.25, 0.3) is 91.7 Å². The maximum atomic E-state index is 5.07. The molecule has 0 amide bonds. The van der Waals surface area contributed by atoms with Crippen LogP contribution in [0.15, 0.2) is 133 Å². The van der Waals surface area contributed by atoms with Crippen molar-refractivity contribution in [3.63, 3.8) is 0 Å². The Morgan fingerprint density at radius 1 is 0.432 bits per heavy atom. The first-order chi connectivity index (χ1) is 21.8. The molecule has 5 heteroatoms. The zero-order valence-electron chi connectivity index (χ0n) is 23.4. The summed E-state index contributed by atoms with van der Waals surface area (Å²) < 4.78 is 4.94. The Morgan fingerprint density at radius 2 is 1.16 bits per heavy atom. The fraction of sp³-hybridized carbons (Fsp3) is 0. The largest absolute Gasteiger partial charge is 0.309 e. The molecule has 0 aliphatic heterocycles. The predicted molar refractivity (Wildman–Crippen MR) is 185 cm³/mol. The van der Waals surface area contributed by atoms with Gasteiger partial charge in [0.05, 0.1) is 11.0 Å². The number of aromatic nitrogens is 4. The zero-order valence-corrected chi connectivity index (χ0v) is 24.2. The Bertz CT molecular complexity index is 2830. The molecule has 0 saturated heterocycles. The van der Waals surface area contributed by atoms with E-state index >= 15 is 0 Å². The van der Waals surface area contributed by atoms with E-state index in [-0.39, 0.29) is 0 Å². The molecule has 44 heavy (non-hydrogen) atoms. The Balaban J connectivity index is 1.48. The average Bonchev–Trinajstić information content (AvgIpc) is 3.61. The van der Waals surface area contributed by atoms with Crippen molar-refractivity contribution >= 4 is 91.7 Å². The van der Waals surface area contributed by atoms with E-state index in [4.69, 9.17) is 15.0 Å². The summed E-state index contributed by atoms with van der Waals surface area (Å²) >= 11 is 1.84. The van der Waals surface area contributed by atoms with E-state index in [0.717, 1.165) is 32.6 Å². The Labute approximate surface area is 255 Å². The monoisotopic (exact) mass is 578 g/mol. The lowest BCUT2D eigenvalue weighted by Gasteiger charge is -2.04. The number of thiophene rings is 1. The second kappa shape index (κ2) is 8.93. The summed E-state index contributed by atoms with van der Waals surface area (Å²) in [6, 6.07) is 47.6. The number of para-hydroxylation sites is 1. The van der Waals surface area contributed by atoms with Crippen LogP contribution in [0.2, 0.25) is 0 Å². The van der Waals surface area contributed by atoms with Crippen LogP contribution in [-0.4, -0.2) is 19.4 Å². The topological polar surface area (TPSA) is 43.1 Å². The van der Waals surface area contributed by atoms with Gasteiger partial charge in [0, 0.05) is 52.8 Å². The number of benzene rings is 6. The first kappa shape index (κ1) is 23.9. The molecular formula is C39H22N4S. The summed E-state index contributed by atoms with van der Waals surface area (Å²) in [7, 11) is 0. The molecule has 0 radical (unpaired) electrons. The van der Waals surface area contributed by atoms with E-state index in [1.54, 1.807) is 0 Å². The molecule has 0 fully saturated rings. The normalized spacial score (nSPS) is 12.1. The van der Waals surface area contributed by atoms with E-state index in [9.17, 15) is 0 Å². The molecular weight excluding hydrogens is 557 g/mol. The summed E-state index contributed by atoms with van der Waals surface area (Å²) in [6.07, 6.45) is 0. The molecule has 4 aromatic heterocycles. The molecule has 4 nitrogen and oxygen atoms in total. The van der Waals surface area contributed by atoms with Crippen molar-refractivity contribution in [1.29, 1.82) is 0 Å². The molecule has 4 heterocycles. The lowest BCUT2D eigenvalue weighted by Crippen LogP contribution is -1.94. The highest BCUT2D eigenvalue weighted by Crippen LogP contribution is 2.40. The molecule has 0 spiro atoms. The Hall–Kier alpha value is -5.65. The number of nitrogens with zero attached hydrogens (tertiary/aromatic N) is 4. The van der Waals surface area contributed by atoms with Gasteiger partial charge >= 0.3 is 0 Å². The molecule has 6 aromatic carbocycles. The number of hydrogen-bond donors (Lipinski definition) is 0. The van der Waals surface area contributed by atoms with Crippen LogP contribution in [-0.2, 0) is 0 Å². The highest BCUT2D eigenvalue weighted by atomic mass is 32.1. The van der Waals surface area contributed by atoms with Gasteiger partial charge in [-0.3, -0.25) is 0 Å². The zero-order chi connectivity index (χ0) is 28.8. The van der Waals surface area contributed by atoms with Crippen molar-refractivity contribution in [2.24, 2.45) is 0 Å². The van der Waals surface area contributed by atoms with Gasteiger partial charge in [0.15, 0.2) is 17.1 Å². The van der Waals surface area contributed by atoms with Crippen LogP contribution in [0, 0.1) is 0 Å². The Morgan fingerprint density at radius 3 is 2.05 bits per heavy atom. The molecule has 0 unspecified atom stereocenters. The maximum absolute atomic E-state index is 5.07. The van der Waals surface area contributed by atoms with Crippen LogP contribution in [0.4, 0.5) is 0 Å². The van der Waals surface area contributed by atoms with Gasteiger partial charge in [-0.15, -0.1) is 11.3 Å². The number of hydrogen-bond acceptors (Lipinski definition) is 4. The van der Waals surface area contributed by atoms with Crippen LogP contribution < -0.4 is 0 Å². The minimum atomic E-state index is 0.662. The third-order valence-electron chi connectivity index (χ3n) is 8.75. The smallest absolute Gasteiger partial charge is 0.164 e. The van der Waals surface area contributed by atoms with Gasteiger partial charge in [0.25, 0.3) is 0 Å². The second-order valence-corrected chi connectivity index (χ2v) is 12.4. The summed E-state index contributed by atoms with van der Waals surface area (Å²) in [4.78, 5) is 15.1. The summed E-state index contributed by atoms with van der Waals surface area (Å²) in [5.41, 5.74) is 5.85. The summed E-state index contributed by atoms with van der Waals surface area (Å²) in [5.74, 6) is 0.667. The van der Waals surface area contributed by atoms with Crippen LogP contribution in [0.1, 0.15) is 0 Å². The van der Waals surface area contributed by atoms with E-state index in [1.807, 2.05) is 29.5 Å². The molecule has 0 atom stereocenters. The van der Waals surface area contributed by atoms with Crippen LogP contribution in [0.5, 0.6) is 0 Å². The highest BCUT2D eigenvalue weighted by molar-refractivity contribution is 7.25. The first-order valence-electron chi connectivity index (χ1n) is 14.7. The molecule has 0 N–H and O–H groups in total. The highest BCUT2D eigenvalue weighted by Gasteiger charge is 2.14. The minimum Gasteiger partial charge on any atom is -0.309 e. The van der Waals surface area contributed by atoms with Crippen LogP contribution in [0.3, 0.4) is 0 Å². The lowest BCUT2D eigenvalue weighted by molar-refractivity contribution is 1.18. The standard InChI is InChI=1S/C39H22N4S/c1-2-8-23(9-3-1)37-40-38-26-12-6-10-24(18-26)25-11-7-13-28(19-25)43-33-15-5-4-14-29(33)30-22-36-32(21-34(30)43)31-20-27(39(41-37)42-38)16-17-35(31)44-36/h1-22H. The SMILES string of the molecule is c1ccc(-c2nc3nc(n2)c2ccc4sc5cc6c7ccccc7n(c7cccc(c7)c7cccc3c7)c6cc5c4c2)cc1. The van der Waals surface area contributed by atoms with Gasteiger partial charge in [0.1, 0.15) is 0 Å². The number of fused-ring (bicyclic) bond motifs is 14. The van der Waals surface area contributed by atoms with E-state index in [0.29, 0.717) is 17.1 Å². The molecule has 10 bridgehead atoms. The van der Waals surface area contributed by atoms with Crippen LogP contribution >= 0.6 is 11.3 Å². The maximum Gasteiger partial charge on any atom is 0.164 e. The third kappa shape index (κ3) is 3.47. The van der Waals surface area contributed by atoms with Crippen molar-refractivity contribution in [3.8, 4) is 11.4 Å². The number of rotatable bonds is 1. The fourth-order valence-electron chi connectivity index (χ4n) is 6.67. The van der Waals surface area contributed by atoms with Gasteiger partial charge in [-0.05, 0) is 65.4 Å². The predicted octanol–water partition coefficient (Wildman–Crippen LogP) is 10.5. The van der Waals surface area contributed by atoms with Crippen molar-refractivity contribution in [3.05, 3.63) is 133 Å². The van der Waals surface area contributed by atoms with E-state index in [1.165, 1.54) is 42.0 Å². The molecule has 0 aliphatic rings. The quantitative estimate of drug-likeness (QED) is 0.195. The molecule has 0 saturated carbocycles. The summed E-state index contributed by atoms with van der Waals surface area (Å²) in [6.45, 7) is 0. The first-order valence-corrected chi connectivity index (χ1v) is 15.5. The van der Waals surface area contributed by atoms with Gasteiger partial charge in [-0.25, -0.2) is 15.0 Å². The second-order valence-electron chi connectivity index (χ2n) is 11.3. The fourth-order valence-corrected chi connectivity index (χ4v) is 7.78. The van der Waals surface area contributed by atoms with Crippen molar-refractivity contribution in [2.75, 3.05) is 0 Å². The lowest BCUT2D eigenvalue weighted by atomic mass is 10.1. The van der Waals surface area contributed by atoms with Crippen molar-refractivity contribution < 1.29 is 0 Å². The summed E-state index contributed by atoms with van der Waals surface area (Å²) in [5, 5.41) is 9.18. The minimum absolute atomic E-state index is 0.662. The average molecular weight is 579 g/mol.